The molecule has 0 aliphatic carbocycles. The smallest absolute Gasteiger partial charge is 0.322 e. The van der Waals surface area contributed by atoms with E-state index >= 15 is 0 Å². The molecular weight excluding hydrogens is 284 g/mol. The number of rotatable bonds is 7. The van der Waals surface area contributed by atoms with E-state index in [1.807, 2.05) is 6.92 Å². The molecule has 0 saturated carbocycles. The van der Waals surface area contributed by atoms with Crippen LogP contribution in [0.2, 0.25) is 0 Å². The van der Waals surface area contributed by atoms with Gasteiger partial charge >= 0.3 is 11.7 Å². The van der Waals surface area contributed by atoms with Crippen LogP contribution in [-0.2, 0) is 9.53 Å². The van der Waals surface area contributed by atoms with Crippen LogP contribution in [0.15, 0.2) is 5.03 Å². The molecule has 0 bridgehead atoms. The first-order valence-corrected chi connectivity index (χ1v) is 6.94. The van der Waals surface area contributed by atoms with Crippen LogP contribution in [-0.4, -0.2) is 40.3 Å². The Morgan fingerprint density at radius 3 is 2.75 bits per heavy atom. The van der Waals surface area contributed by atoms with Crippen LogP contribution in [0, 0.1) is 17.0 Å². The average Bonchev–Trinajstić information content (AvgIpc) is 2.41. The number of carbonyl (C=O) groups excluding carboxylic acids is 1. The maximum absolute atomic E-state index is 11.1. The van der Waals surface area contributed by atoms with E-state index in [-0.39, 0.29) is 22.2 Å². The van der Waals surface area contributed by atoms with Crippen molar-refractivity contribution in [2.75, 3.05) is 24.7 Å². The topological polar surface area (TPSA) is 107 Å². The minimum Gasteiger partial charge on any atom is -0.468 e. The van der Waals surface area contributed by atoms with E-state index in [2.05, 4.69) is 20.0 Å². The van der Waals surface area contributed by atoms with Crippen molar-refractivity contribution in [3.05, 3.63) is 15.8 Å². The summed E-state index contributed by atoms with van der Waals surface area (Å²) in [4.78, 5) is 29.8. The Balaban J connectivity index is 3.04. The molecule has 0 atom stereocenters. The summed E-state index contributed by atoms with van der Waals surface area (Å²) >= 11 is 0.963. The third-order valence-electron chi connectivity index (χ3n) is 2.30. The molecule has 110 valence electrons. The number of carbonyl (C=O) groups is 1. The van der Waals surface area contributed by atoms with Crippen molar-refractivity contribution in [3.63, 3.8) is 0 Å². The Labute approximate surface area is 120 Å². The highest BCUT2D eigenvalue weighted by Gasteiger charge is 2.23. The molecule has 1 N–H and O–H groups in total. The highest BCUT2D eigenvalue weighted by atomic mass is 32.2. The van der Waals surface area contributed by atoms with E-state index in [1.165, 1.54) is 7.11 Å². The summed E-state index contributed by atoms with van der Waals surface area (Å²) in [5, 5.41) is 14.2. The number of ether oxygens (including phenoxy) is 1. The first-order chi connectivity index (χ1) is 9.49. The second-order valence-corrected chi connectivity index (χ2v) is 4.80. The Hall–Kier alpha value is -1.90. The summed E-state index contributed by atoms with van der Waals surface area (Å²) < 4.78 is 4.51. The standard InChI is InChI=1S/C11H16N4O4S/c1-4-5-12-11-13-7(2)9(15(17)18)10(14-11)20-6-8(16)19-3/h4-6H2,1-3H3,(H,12,13,14). The predicted molar refractivity (Wildman–Crippen MR) is 74.9 cm³/mol. The van der Waals surface area contributed by atoms with Gasteiger partial charge in [-0.1, -0.05) is 18.7 Å². The number of hydrogen-bond donors (Lipinski definition) is 1. The molecule has 0 aromatic carbocycles. The molecule has 0 aliphatic rings. The van der Waals surface area contributed by atoms with Gasteiger partial charge in [0, 0.05) is 6.54 Å². The van der Waals surface area contributed by atoms with Crippen LogP contribution in [0.1, 0.15) is 19.0 Å². The zero-order valence-corrected chi connectivity index (χ0v) is 12.3. The van der Waals surface area contributed by atoms with Gasteiger partial charge in [-0.05, 0) is 13.3 Å². The lowest BCUT2D eigenvalue weighted by molar-refractivity contribution is -0.389. The summed E-state index contributed by atoms with van der Waals surface area (Å²) in [6.07, 6.45) is 0.879. The minimum atomic E-state index is -0.543. The maximum Gasteiger partial charge on any atom is 0.322 e. The molecule has 1 aromatic rings. The summed E-state index contributed by atoms with van der Waals surface area (Å²) in [6, 6.07) is 0. The lowest BCUT2D eigenvalue weighted by atomic mass is 10.4. The molecule has 0 spiro atoms. The van der Waals surface area contributed by atoms with Gasteiger partial charge in [0.1, 0.15) is 5.69 Å². The monoisotopic (exact) mass is 300 g/mol. The first-order valence-electron chi connectivity index (χ1n) is 5.96. The molecule has 1 rings (SSSR count). The largest absolute Gasteiger partial charge is 0.468 e. The fraction of sp³-hybridized carbons (Fsp3) is 0.545. The Kier molecular flexibility index (Phi) is 6.16. The number of methoxy groups -OCH3 is 1. The molecule has 1 aromatic heterocycles. The fourth-order valence-electron chi connectivity index (χ4n) is 1.35. The van der Waals surface area contributed by atoms with Crippen LogP contribution >= 0.6 is 11.8 Å². The molecule has 20 heavy (non-hydrogen) atoms. The van der Waals surface area contributed by atoms with Crippen molar-refractivity contribution in [3.8, 4) is 0 Å². The van der Waals surface area contributed by atoms with E-state index in [1.54, 1.807) is 6.92 Å². The van der Waals surface area contributed by atoms with Gasteiger partial charge in [0.15, 0.2) is 5.03 Å². The van der Waals surface area contributed by atoms with Crippen molar-refractivity contribution in [2.24, 2.45) is 0 Å². The minimum absolute atomic E-state index is 0.0407. The number of aromatic nitrogens is 2. The molecule has 0 fully saturated rings. The Bertz CT molecular complexity index is 509. The number of esters is 1. The maximum atomic E-state index is 11.1. The predicted octanol–water partition coefficient (Wildman–Crippen LogP) is 1.78. The highest BCUT2D eigenvalue weighted by molar-refractivity contribution is 8.00. The van der Waals surface area contributed by atoms with Gasteiger partial charge < -0.3 is 10.1 Å². The summed E-state index contributed by atoms with van der Waals surface area (Å²) in [5.74, 6) is -0.188. The van der Waals surface area contributed by atoms with Gasteiger partial charge in [0.2, 0.25) is 5.95 Å². The number of thioether (sulfide) groups is 1. The molecule has 1 heterocycles. The van der Waals surface area contributed by atoms with E-state index in [9.17, 15) is 14.9 Å². The molecule has 0 amide bonds. The SMILES string of the molecule is CCCNc1nc(C)c([N+](=O)[O-])c(SCC(=O)OC)n1. The van der Waals surface area contributed by atoms with Crippen LogP contribution < -0.4 is 5.32 Å². The molecular formula is C11H16N4O4S. The van der Waals surface area contributed by atoms with Crippen molar-refractivity contribution < 1.29 is 14.5 Å². The Morgan fingerprint density at radius 2 is 2.20 bits per heavy atom. The van der Waals surface area contributed by atoms with E-state index in [0.29, 0.717) is 12.5 Å². The van der Waals surface area contributed by atoms with E-state index in [0.717, 1.165) is 18.2 Å². The number of aryl methyl sites for hydroxylation is 1. The average molecular weight is 300 g/mol. The van der Waals surface area contributed by atoms with Crippen molar-refractivity contribution in [1.29, 1.82) is 0 Å². The number of nitrogens with one attached hydrogen (secondary N) is 1. The quantitative estimate of drug-likeness (QED) is 0.267. The second kappa shape index (κ2) is 7.63. The lowest BCUT2D eigenvalue weighted by Gasteiger charge is -2.08. The number of anilines is 1. The molecule has 0 unspecified atom stereocenters. The van der Waals surface area contributed by atoms with Gasteiger partial charge in [-0.2, -0.15) is 4.98 Å². The zero-order chi connectivity index (χ0) is 15.1. The van der Waals surface area contributed by atoms with Crippen molar-refractivity contribution in [1.82, 2.24) is 9.97 Å². The zero-order valence-electron chi connectivity index (χ0n) is 11.5. The summed E-state index contributed by atoms with van der Waals surface area (Å²) in [5.41, 5.74) is 0.0805. The number of nitrogens with zero attached hydrogens (tertiary/aromatic N) is 3. The lowest BCUT2D eigenvalue weighted by Crippen LogP contribution is -2.09. The van der Waals surface area contributed by atoms with Gasteiger partial charge in [-0.25, -0.2) is 4.98 Å². The van der Waals surface area contributed by atoms with Crippen LogP contribution in [0.4, 0.5) is 11.6 Å². The van der Waals surface area contributed by atoms with Gasteiger partial charge in [-0.15, -0.1) is 0 Å². The second-order valence-electron chi connectivity index (χ2n) is 3.84. The summed E-state index contributed by atoms with van der Waals surface area (Å²) in [7, 11) is 1.26. The molecule has 9 heteroatoms. The van der Waals surface area contributed by atoms with Crippen molar-refractivity contribution >= 4 is 29.4 Å². The highest BCUT2D eigenvalue weighted by Crippen LogP contribution is 2.30. The molecule has 8 nitrogen and oxygen atoms in total. The van der Waals surface area contributed by atoms with E-state index < -0.39 is 10.9 Å². The van der Waals surface area contributed by atoms with Gasteiger partial charge in [0.05, 0.1) is 17.8 Å². The van der Waals surface area contributed by atoms with Gasteiger partial charge in [0.25, 0.3) is 0 Å². The number of nitro groups is 1. The number of hydrogen-bond acceptors (Lipinski definition) is 8. The van der Waals surface area contributed by atoms with Crippen LogP contribution in [0.25, 0.3) is 0 Å². The van der Waals surface area contributed by atoms with Crippen LogP contribution in [0.3, 0.4) is 0 Å². The first kappa shape index (κ1) is 16.2. The third kappa shape index (κ3) is 4.34. The third-order valence-corrected chi connectivity index (χ3v) is 3.23. The van der Waals surface area contributed by atoms with Gasteiger partial charge in [-0.3, -0.25) is 14.9 Å². The fourth-order valence-corrected chi connectivity index (χ4v) is 2.24. The molecule has 0 saturated heterocycles. The molecule has 0 radical (unpaired) electrons. The van der Waals surface area contributed by atoms with E-state index in [4.69, 9.17) is 0 Å². The van der Waals surface area contributed by atoms with Crippen molar-refractivity contribution in [2.45, 2.75) is 25.3 Å². The normalized spacial score (nSPS) is 10.2. The van der Waals surface area contributed by atoms with Crippen LogP contribution in [0.5, 0.6) is 0 Å². The Morgan fingerprint density at radius 1 is 1.50 bits per heavy atom. The summed E-state index contributed by atoms with van der Waals surface area (Å²) in [6.45, 7) is 4.19. The molecule has 0 aliphatic heterocycles.